The largest absolute Gasteiger partial charge is 0.397 e. The Kier molecular flexibility index (Phi) is 3.30. The molecule has 0 aliphatic heterocycles. The van der Waals surface area contributed by atoms with Crippen molar-refractivity contribution in [2.75, 3.05) is 17.6 Å². The number of nitrogens with zero attached hydrogens (tertiary/aromatic N) is 3. The number of nitrogens with one attached hydrogen (secondary N) is 1. The predicted molar refractivity (Wildman–Crippen MR) is 68.9 cm³/mol. The van der Waals surface area contributed by atoms with Crippen LogP contribution in [0.3, 0.4) is 0 Å². The normalized spacial score (nSPS) is 10.1. The first-order chi connectivity index (χ1) is 8.19. The molecule has 0 fully saturated rings. The summed E-state index contributed by atoms with van der Waals surface area (Å²) < 4.78 is 1.88. The van der Waals surface area contributed by atoms with Crippen LogP contribution >= 0.6 is 11.3 Å². The standard InChI is InChI=1S/C11H13N5S/c1-8-6-15-16(7-8)3-2-14-11-4-9(13)10(5-12)17-11/h4,6-7,14H,2-3,13H2,1H3. The lowest BCUT2D eigenvalue weighted by atomic mass is 10.4. The quantitative estimate of drug-likeness (QED) is 0.863. The monoisotopic (exact) mass is 247 g/mol. The average molecular weight is 247 g/mol. The predicted octanol–water partition coefficient (Wildman–Crippen LogP) is 1.82. The topological polar surface area (TPSA) is 79.7 Å². The smallest absolute Gasteiger partial charge is 0.129 e. The van der Waals surface area contributed by atoms with Gasteiger partial charge in [-0.25, -0.2) is 0 Å². The highest BCUT2D eigenvalue weighted by atomic mass is 32.1. The van der Waals surface area contributed by atoms with Gasteiger partial charge in [-0.2, -0.15) is 10.4 Å². The number of nitrogen functional groups attached to an aromatic ring is 1. The molecule has 3 N–H and O–H groups in total. The number of thiophene rings is 1. The Bertz CT molecular complexity index is 548. The van der Waals surface area contributed by atoms with E-state index in [1.807, 2.05) is 24.0 Å². The summed E-state index contributed by atoms with van der Waals surface area (Å²) in [6.45, 7) is 3.55. The summed E-state index contributed by atoms with van der Waals surface area (Å²) >= 11 is 1.37. The summed E-state index contributed by atoms with van der Waals surface area (Å²) in [5.74, 6) is 0. The van der Waals surface area contributed by atoms with Crippen LogP contribution in [0.5, 0.6) is 0 Å². The van der Waals surface area contributed by atoms with Gasteiger partial charge in [0, 0.05) is 12.7 Å². The third kappa shape index (κ3) is 2.77. The zero-order valence-electron chi connectivity index (χ0n) is 9.47. The molecule has 17 heavy (non-hydrogen) atoms. The van der Waals surface area contributed by atoms with Crippen LogP contribution in [0.1, 0.15) is 10.4 Å². The highest BCUT2D eigenvalue weighted by Crippen LogP contribution is 2.27. The molecule has 0 unspecified atom stereocenters. The molecule has 2 aromatic heterocycles. The molecule has 0 saturated carbocycles. The fourth-order valence-electron chi connectivity index (χ4n) is 1.46. The molecule has 0 atom stereocenters. The summed E-state index contributed by atoms with van der Waals surface area (Å²) in [6.07, 6.45) is 3.82. The fourth-order valence-corrected chi connectivity index (χ4v) is 2.26. The molecule has 5 nitrogen and oxygen atoms in total. The number of aryl methyl sites for hydroxylation is 1. The molecule has 2 rings (SSSR count). The van der Waals surface area contributed by atoms with Crippen molar-refractivity contribution in [3.8, 4) is 6.07 Å². The summed E-state index contributed by atoms with van der Waals surface area (Å²) in [5.41, 5.74) is 7.36. The van der Waals surface area contributed by atoms with Crippen molar-refractivity contribution >= 4 is 22.0 Å². The Labute approximate surface area is 103 Å². The van der Waals surface area contributed by atoms with Crippen molar-refractivity contribution in [3.05, 3.63) is 28.9 Å². The lowest BCUT2D eigenvalue weighted by Crippen LogP contribution is -2.09. The van der Waals surface area contributed by atoms with E-state index in [1.54, 1.807) is 6.07 Å². The van der Waals surface area contributed by atoms with Gasteiger partial charge in [0.05, 0.1) is 23.4 Å². The van der Waals surface area contributed by atoms with Crippen molar-refractivity contribution in [1.29, 1.82) is 5.26 Å². The van der Waals surface area contributed by atoms with Gasteiger partial charge in [0.15, 0.2) is 0 Å². The first kappa shape index (κ1) is 11.5. The maximum absolute atomic E-state index is 8.78. The van der Waals surface area contributed by atoms with E-state index < -0.39 is 0 Å². The number of nitriles is 1. The minimum Gasteiger partial charge on any atom is -0.397 e. The Hall–Kier alpha value is -2.00. The van der Waals surface area contributed by atoms with Crippen LogP contribution in [0.2, 0.25) is 0 Å². The fraction of sp³-hybridized carbons (Fsp3) is 0.273. The lowest BCUT2D eigenvalue weighted by molar-refractivity contribution is 0.638. The first-order valence-corrected chi connectivity index (χ1v) is 6.03. The minimum absolute atomic E-state index is 0.537. The molecule has 0 aliphatic carbocycles. The van der Waals surface area contributed by atoms with Crippen LogP contribution in [-0.4, -0.2) is 16.3 Å². The first-order valence-electron chi connectivity index (χ1n) is 5.21. The molecule has 0 spiro atoms. The molecule has 0 bridgehead atoms. The molecule has 0 aliphatic rings. The minimum atomic E-state index is 0.537. The second-order valence-corrected chi connectivity index (χ2v) is 4.77. The maximum Gasteiger partial charge on any atom is 0.129 e. The van der Waals surface area contributed by atoms with Crippen molar-refractivity contribution in [1.82, 2.24) is 9.78 Å². The van der Waals surface area contributed by atoms with E-state index in [-0.39, 0.29) is 0 Å². The number of rotatable bonds is 4. The van der Waals surface area contributed by atoms with E-state index in [0.29, 0.717) is 10.6 Å². The van der Waals surface area contributed by atoms with E-state index >= 15 is 0 Å². The number of hydrogen-bond acceptors (Lipinski definition) is 5. The van der Waals surface area contributed by atoms with E-state index in [4.69, 9.17) is 11.0 Å². The Morgan fingerprint density at radius 1 is 1.65 bits per heavy atom. The maximum atomic E-state index is 8.78. The SMILES string of the molecule is Cc1cnn(CCNc2cc(N)c(C#N)s2)c1. The zero-order valence-corrected chi connectivity index (χ0v) is 10.3. The van der Waals surface area contributed by atoms with Crippen LogP contribution in [0.15, 0.2) is 18.5 Å². The highest BCUT2D eigenvalue weighted by molar-refractivity contribution is 7.17. The van der Waals surface area contributed by atoms with Gasteiger partial charge >= 0.3 is 0 Å². The Balaban J connectivity index is 1.88. The molecule has 88 valence electrons. The van der Waals surface area contributed by atoms with Crippen molar-refractivity contribution in [2.45, 2.75) is 13.5 Å². The molecular formula is C11H13N5S. The summed E-state index contributed by atoms with van der Waals surface area (Å²) in [7, 11) is 0. The zero-order chi connectivity index (χ0) is 12.3. The van der Waals surface area contributed by atoms with Crippen LogP contribution in [0.25, 0.3) is 0 Å². The van der Waals surface area contributed by atoms with Crippen LogP contribution in [-0.2, 0) is 6.54 Å². The van der Waals surface area contributed by atoms with Crippen molar-refractivity contribution < 1.29 is 0 Å². The number of nitrogens with two attached hydrogens (primary N) is 1. The van der Waals surface area contributed by atoms with Gasteiger partial charge in [-0.1, -0.05) is 0 Å². The molecule has 6 heteroatoms. The number of anilines is 2. The molecule has 0 radical (unpaired) electrons. The molecule has 2 aromatic rings. The molecule has 2 heterocycles. The van der Waals surface area contributed by atoms with Crippen molar-refractivity contribution in [2.24, 2.45) is 0 Å². The van der Waals surface area contributed by atoms with Crippen LogP contribution < -0.4 is 11.1 Å². The third-order valence-electron chi connectivity index (χ3n) is 2.26. The average Bonchev–Trinajstić information content (AvgIpc) is 2.85. The van der Waals surface area contributed by atoms with E-state index in [2.05, 4.69) is 16.5 Å². The molecular weight excluding hydrogens is 234 g/mol. The highest BCUT2D eigenvalue weighted by Gasteiger charge is 2.04. The second-order valence-electron chi connectivity index (χ2n) is 3.71. The molecule has 0 aromatic carbocycles. The van der Waals surface area contributed by atoms with Crippen molar-refractivity contribution in [3.63, 3.8) is 0 Å². The van der Waals surface area contributed by atoms with Gasteiger partial charge in [0.2, 0.25) is 0 Å². The number of aromatic nitrogens is 2. The number of hydrogen-bond donors (Lipinski definition) is 2. The van der Waals surface area contributed by atoms with Crippen LogP contribution in [0.4, 0.5) is 10.7 Å². The lowest BCUT2D eigenvalue weighted by Gasteiger charge is -2.03. The summed E-state index contributed by atoms with van der Waals surface area (Å²) in [4.78, 5) is 0.558. The van der Waals surface area contributed by atoms with E-state index in [1.165, 1.54) is 11.3 Å². The van der Waals surface area contributed by atoms with E-state index in [0.717, 1.165) is 23.7 Å². The molecule has 0 saturated heterocycles. The van der Waals surface area contributed by atoms with Crippen LogP contribution in [0, 0.1) is 18.3 Å². The van der Waals surface area contributed by atoms with Gasteiger partial charge in [0.25, 0.3) is 0 Å². The third-order valence-corrected chi connectivity index (χ3v) is 3.28. The molecule has 0 amide bonds. The summed E-state index contributed by atoms with van der Waals surface area (Å²) in [5, 5.41) is 17.1. The van der Waals surface area contributed by atoms with Gasteiger partial charge in [-0.05, 0) is 18.6 Å². The van der Waals surface area contributed by atoms with E-state index in [9.17, 15) is 0 Å². The Morgan fingerprint density at radius 2 is 2.47 bits per heavy atom. The van der Waals surface area contributed by atoms with Gasteiger partial charge in [0.1, 0.15) is 10.9 Å². The second kappa shape index (κ2) is 4.89. The van der Waals surface area contributed by atoms with Gasteiger partial charge < -0.3 is 11.1 Å². The van der Waals surface area contributed by atoms with Gasteiger partial charge in [-0.3, -0.25) is 4.68 Å². The Morgan fingerprint density at radius 3 is 3.06 bits per heavy atom. The van der Waals surface area contributed by atoms with Gasteiger partial charge in [-0.15, -0.1) is 11.3 Å². The summed E-state index contributed by atoms with van der Waals surface area (Å²) in [6, 6.07) is 3.85.